The van der Waals surface area contributed by atoms with E-state index in [-0.39, 0.29) is 36.5 Å². The minimum atomic E-state index is -1.40. The highest BCUT2D eigenvalue weighted by Crippen LogP contribution is 1.97. The van der Waals surface area contributed by atoms with E-state index in [0.717, 1.165) is 0 Å². The van der Waals surface area contributed by atoms with Crippen LogP contribution in [-0.2, 0) is 23.9 Å². The van der Waals surface area contributed by atoms with Gasteiger partial charge < -0.3 is 9.47 Å². The molecule has 0 aliphatic rings. The predicted molar refractivity (Wildman–Crippen MR) is 52.6 cm³/mol. The van der Waals surface area contributed by atoms with Gasteiger partial charge in [-0.05, 0) is 0 Å². The van der Waals surface area contributed by atoms with Crippen molar-refractivity contribution in [3.63, 3.8) is 0 Å². The Bertz CT molecular complexity index is 186. The summed E-state index contributed by atoms with van der Waals surface area (Å²) in [6.07, 6.45) is -0.872. The van der Waals surface area contributed by atoms with Crippen molar-refractivity contribution in [1.82, 2.24) is 0 Å². The van der Waals surface area contributed by atoms with Gasteiger partial charge in [-0.3, -0.25) is 14.4 Å². The molecule has 0 saturated carbocycles. The summed E-state index contributed by atoms with van der Waals surface area (Å²) in [5.41, 5.74) is 0. The molecule has 5 nitrogen and oxygen atoms in total. The standard InChI is InChI=1S/C8H12O5.Al.3H/c1-3-6(10)12-8(5-9)13-7(11)4-2;;;;/h5,8H,3-4H2,1-2H3;;;;. The second-order valence-electron chi connectivity index (χ2n) is 2.19. The summed E-state index contributed by atoms with van der Waals surface area (Å²) in [6.45, 7) is 3.15. The molecule has 0 radical (unpaired) electrons. The molecular weight excluding hydrogens is 203 g/mol. The lowest BCUT2D eigenvalue weighted by molar-refractivity contribution is -0.186. The van der Waals surface area contributed by atoms with Crippen molar-refractivity contribution < 1.29 is 23.9 Å². The zero-order valence-corrected chi connectivity index (χ0v) is 7.61. The number of rotatable bonds is 5. The maximum atomic E-state index is 10.7. The molecule has 0 fully saturated rings. The molecule has 0 heterocycles. The Kier molecular flexibility index (Phi) is 9.73. The van der Waals surface area contributed by atoms with Gasteiger partial charge in [0, 0.05) is 12.8 Å². The van der Waals surface area contributed by atoms with Crippen LogP contribution < -0.4 is 0 Å². The van der Waals surface area contributed by atoms with Gasteiger partial charge in [0.15, 0.2) is 17.4 Å². The van der Waals surface area contributed by atoms with E-state index in [2.05, 4.69) is 9.47 Å². The van der Waals surface area contributed by atoms with Crippen LogP contribution in [0.25, 0.3) is 0 Å². The van der Waals surface area contributed by atoms with Crippen LogP contribution in [0.2, 0.25) is 0 Å². The number of hydrogen-bond acceptors (Lipinski definition) is 5. The number of ether oxygens (including phenoxy) is 2. The summed E-state index contributed by atoms with van der Waals surface area (Å²) in [5, 5.41) is 0. The average Bonchev–Trinajstić information content (AvgIpc) is 2.16. The summed E-state index contributed by atoms with van der Waals surface area (Å²) in [4.78, 5) is 31.6. The second kappa shape index (κ2) is 8.73. The first-order chi connectivity index (χ1) is 6.13. The van der Waals surface area contributed by atoms with Gasteiger partial charge in [0.05, 0.1) is 0 Å². The SMILES string of the molecule is CCC(=O)OC(C=O)OC(=O)CC.[AlH3]. The summed E-state index contributed by atoms with van der Waals surface area (Å²) >= 11 is 0. The predicted octanol–water partition coefficient (Wildman–Crippen LogP) is -0.766. The highest BCUT2D eigenvalue weighted by molar-refractivity contribution is 5.75. The lowest BCUT2D eigenvalue weighted by atomic mass is 10.5. The molecule has 80 valence electrons. The normalized spacial score (nSPS) is 8.79. The van der Waals surface area contributed by atoms with Crippen LogP contribution >= 0.6 is 0 Å². The summed E-state index contributed by atoms with van der Waals surface area (Å²) < 4.78 is 8.94. The first-order valence-electron chi connectivity index (χ1n) is 3.98. The number of esters is 2. The van der Waals surface area contributed by atoms with Gasteiger partial charge in [-0.1, -0.05) is 13.8 Å². The molecule has 0 aromatic rings. The molecule has 6 heteroatoms. The van der Waals surface area contributed by atoms with Crippen molar-refractivity contribution in [2.45, 2.75) is 33.0 Å². The number of carbonyl (C=O) groups excluding carboxylic acids is 3. The fraction of sp³-hybridized carbons (Fsp3) is 0.625. The number of carbonyl (C=O) groups is 3. The van der Waals surface area contributed by atoms with Crippen molar-refractivity contribution in [3.05, 3.63) is 0 Å². The third-order valence-corrected chi connectivity index (χ3v) is 1.18. The largest absolute Gasteiger partial charge is 0.418 e. The van der Waals surface area contributed by atoms with Gasteiger partial charge >= 0.3 is 18.2 Å². The second-order valence-corrected chi connectivity index (χ2v) is 2.19. The molecule has 0 rings (SSSR count). The van der Waals surface area contributed by atoms with Gasteiger partial charge in [-0.25, -0.2) is 0 Å². The Balaban J connectivity index is 0. The number of hydrogen-bond donors (Lipinski definition) is 0. The lowest BCUT2D eigenvalue weighted by Gasteiger charge is -2.11. The van der Waals surface area contributed by atoms with Gasteiger partial charge in [0.25, 0.3) is 0 Å². The molecule has 0 spiro atoms. The zero-order chi connectivity index (χ0) is 10.3. The smallest absolute Gasteiger partial charge is 0.308 e. The van der Waals surface area contributed by atoms with Crippen LogP contribution in [0.5, 0.6) is 0 Å². The first kappa shape index (κ1) is 15.6. The molecule has 0 bridgehead atoms. The fourth-order valence-electron chi connectivity index (χ4n) is 0.505. The molecule has 0 aliphatic carbocycles. The maximum absolute atomic E-state index is 10.7. The highest BCUT2D eigenvalue weighted by Gasteiger charge is 2.15. The Labute approximate surface area is 92.9 Å². The molecule has 0 aliphatic heterocycles. The maximum Gasteiger partial charge on any atom is 0.308 e. The molecule has 0 unspecified atom stereocenters. The Morgan fingerprint density at radius 1 is 1.14 bits per heavy atom. The van der Waals surface area contributed by atoms with E-state index >= 15 is 0 Å². The van der Waals surface area contributed by atoms with Crippen LogP contribution in [0.3, 0.4) is 0 Å². The molecule has 14 heavy (non-hydrogen) atoms. The van der Waals surface area contributed by atoms with Crippen molar-refractivity contribution in [2.24, 2.45) is 0 Å². The first-order valence-corrected chi connectivity index (χ1v) is 3.98. The minimum Gasteiger partial charge on any atom is -0.418 e. The van der Waals surface area contributed by atoms with Crippen molar-refractivity contribution in [3.8, 4) is 0 Å². The Morgan fingerprint density at radius 3 is 1.71 bits per heavy atom. The van der Waals surface area contributed by atoms with E-state index in [1.807, 2.05) is 0 Å². The van der Waals surface area contributed by atoms with E-state index in [4.69, 9.17) is 0 Å². The van der Waals surface area contributed by atoms with E-state index in [0.29, 0.717) is 0 Å². The molecule has 0 saturated heterocycles. The van der Waals surface area contributed by atoms with E-state index in [1.165, 1.54) is 0 Å². The molecule has 0 N–H and O–H groups in total. The lowest BCUT2D eigenvalue weighted by Crippen LogP contribution is -2.25. The summed E-state index contributed by atoms with van der Waals surface area (Å²) in [7, 11) is 0. The van der Waals surface area contributed by atoms with Crippen molar-refractivity contribution in [2.75, 3.05) is 0 Å². The monoisotopic (exact) mass is 218 g/mol. The van der Waals surface area contributed by atoms with Crippen LogP contribution in [-0.4, -0.2) is 41.9 Å². The quantitative estimate of drug-likeness (QED) is 0.262. The van der Waals surface area contributed by atoms with Gasteiger partial charge in [0.1, 0.15) is 0 Å². The fourth-order valence-corrected chi connectivity index (χ4v) is 0.505. The third-order valence-electron chi connectivity index (χ3n) is 1.18. The summed E-state index contributed by atoms with van der Waals surface area (Å²) in [6, 6.07) is 0. The highest BCUT2D eigenvalue weighted by atomic mass is 27.0. The number of aldehydes is 1. The van der Waals surface area contributed by atoms with E-state index in [1.54, 1.807) is 13.8 Å². The van der Waals surface area contributed by atoms with E-state index < -0.39 is 18.2 Å². The summed E-state index contributed by atoms with van der Waals surface area (Å²) in [5.74, 6) is -1.16. The topological polar surface area (TPSA) is 69.7 Å². The molecule has 0 amide bonds. The Morgan fingerprint density at radius 2 is 1.50 bits per heavy atom. The molecule has 0 aromatic heterocycles. The molecule has 0 atom stereocenters. The van der Waals surface area contributed by atoms with Crippen molar-refractivity contribution in [1.29, 1.82) is 0 Å². The van der Waals surface area contributed by atoms with Crippen LogP contribution in [0, 0.1) is 0 Å². The van der Waals surface area contributed by atoms with Gasteiger partial charge in [-0.15, -0.1) is 0 Å². The van der Waals surface area contributed by atoms with Crippen LogP contribution in [0.4, 0.5) is 0 Å². The average molecular weight is 218 g/mol. The van der Waals surface area contributed by atoms with Crippen molar-refractivity contribution >= 4 is 35.6 Å². The Hall–Kier alpha value is -0.858. The molecular formula is C8H15AlO5. The van der Waals surface area contributed by atoms with Crippen LogP contribution in [0.15, 0.2) is 0 Å². The van der Waals surface area contributed by atoms with E-state index in [9.17, 15) is 14.4 Å². The molecule has 0 aromatic carbocycles. The van der Waals surface area contributed by atoms with Gasteiger partial charge in [0.2, 0.25) is 6.29 Å². The minimum absolute atomic E-state index is 0. The zero-order valence-electron chi connectivity index (χ0n) is 7.61. The van der Waals surface area contributed by atoms with Gasteiger partial charge in [-0.2, -0.15) is 0 Å². The van der Waals surface area contributed by atoms with Crippen LogP contribution in [0.1, 0.15) is 26.7 Å². The third kappa shape index (κ3) is 6.64.